The standard InChI is InChI=1S/C17H23N3O4S/c1-10(2)16-17-19-13-7-12(9-24-11(3)21)15(25(4,22)23)8-14(13)20(17)6-5-18-16/h7-8,10,16,18H,5-6,9H2,1-4H3. The van der Waals surface area contributed by atoms with Crippen molar-refractivity contribution in [2.24, 2.45) is 5.92 Å². The Labute approximate surface area is 147 Å². The Hall–Kier alpha value is -1.93. The van der Waals surface area contributed by atoms with Gasteiger partial charge in [0.05, 0.1) is 22.0 Å². The molecular weight excluding hydrogens is 342 g/mol. The van der Waals surface area contributed by atoms with Crippen LogP contribution in [-0.4, -0.2) is 36.7 Å². The van der Waals surface area contributed by atoms with Gasteiger partial charge >= 0.3 is 5.97 Å². The predicted molar refractivity (Wildman–Crippen MR) is 93.9 cm³/mol. The van der Waals surface area contributed by atoms with E-state index in [1.54, 1.807) is 12.1 Å². The van der Waals surface area contributed by atoms with Gasteiger partial charge in [0.1, 0.15) is 12.4 Å². The summed E-state index contributed by atoms with van der Waals surface area (Å²) in [5, 5.41) is 3.46. The number of ether oxygens (including phenoxy) is 1. The summed E-state index contributed by atoms with van der Waals surface area (Å²) in [6.07, 6.45) is 1.16. The summed E-state index contributed by atoms with van der Waals surface area (Å²) >= 11 is 0. The minimum atomic E-state index is -3.46. The summed E-state index contributed by atoms with van der Waals surface area (Å²) in [6.45, 7) is 7.02. The van der Waals surface area contributed by atoms with Crippen LogP contribution in [0, 0.1) is 5.92 Å². The quantitative estimate of drug-likeness (QED) is 0.831. The summed E-state index contributed by atoms with van der Waals surface area (Å²) in [5.74, 6) is 0.832. The fourth-order valence-electron chi connectivity index (χ4n) is 3.28. The number of aromatic nitrogens is 2. The molecule has 1 aromatic heterocycles. The Morgan fingerprint density at radius 2 is 2.16 bits per heavy atom. The lowest BCUT2D eigenvalue weighted by atomic mass is 10.0. The number of carbonyl (C=O) groups excluding carboxylic acids is 1. The Bertz CT molecular complexity index is 931. The Morgan fingerprint density at radius 3 is 2.76 bits per heavy atom. The molecule has 0 amide bonds. The number of rotatable bonds is 4. The average Bonchev–Trinajstić information content (AvgIpc) is 2.88. The van der Waals surface area contributed by atoms with Crippen LogP contribution in [0.25, 0.3) is 11.0 Å². The molecule has 3 rings (SSSR count). The van der Waals surface area contributed by atoms with E-state index < -0.39 is 15.8 Å². The van der Waals surface area contributed by atoms with Crippen LogP contribution in [0.5, 0.6) is 0 Å². The van der Waals surface area contributed by atoms with Gasteiger partial charge in [-0.1, -0.05) is 13.8 Å². The van der Waals surface area contributed by atoms with Crippen molar-refractivity contribution in [3.63, 3.8) is 0 Å². The minimum Gasteiger partial charge on any atom is -0.461 e. The van der Waals surface area contributed by atoms with Crippen LogP contribution < -0.4 is 5.32 Å². The zero-order valence-corrected chi connectivity index (χ0v) is 15.7. The molecule has 1 aliphatic rings. The van der Waals surface area contributed by atoms with Gasteiger partial charge in [-0.2, -0.15) is 0 Å². The van der Waals surface area contributed by atoms with E-state index >= 15 is 0 Å². The number of sulfone groups is 1. The monoisotopic (exact) mass is 365 g/mol. The molecule has 0 radical (unpaired) electrons. The Balaban J connectivity index is 2.19. The number of hydrogen-bond donors (Lipinski definition) is 1. The van der Waals surface area contributed by atoms with Crippen molar-refractivity contribution in [1.82, 2.24) is 14.9 Å². The molecule has 0 bridgehead atoms. The minimum absolute atomic E-state index is 0.0816. The molecule has 0 aliphatic carbocycles. The molecule has 2 heterocycles. The van der Waals surface area contributed by atoms with Gasteiger partial charge in [0.15, 0.2) is 9.84 Å². The van der Waals surface area contributed by atoms with E-state index in [0.717, 1.165) is 36.2 Å². The van der Waals surface area contributed by atoms with Gasteiger partial charge in [0.2, 0.25) is 0 Å². The van der Waals surface area contributed by atoms with Crippen molar-refractivity contribution in [2.75, 3.05) is 12.8 Å². The lowest BCUT2D eigenvalue weighted by molar-refractivity contribution is -0.142. The van der Waals surface area contributed by atoms with Crippen molar-refractivity contribution >= 4 is 26.8 Å². The fourth-order valence-corrected chi connectivity index (χ4v) is 4.20. The van der Waals surface area contributed by atoms with E-state index in [4.69, 9.17) is 9.72 Å². The first kappa shape index (κ1) is 17.9. The fraction of sp³-hybridized carbons (Fsp3) is 0.529. The zero-order valence-electron chi connectivity index (χ0n) is 14.9. The molecular formula is C17H23N3O4S. The van der Waals surface area contributed by atoms with Crippen LogP contribution >= 0.6 is 0 Å². The lowest BCUT2D eigenvalue weighted by Crippen LogP contribution is -2.36. The van der Waals surface area contributed by atoms with E-state index in [1.807, 2.05) is 0 Å². The second kappa shape index (κ2) is 6.42. The van der Waals surface area contributed by atoms with Crippen molar-refractivity contribution in [3.8, 4) is 0 Å². The molecule has 25 heavy (non-hydrogen) atoms. The second-order valence-electron chi connectivity index (χ2n) is 6.80. The van der Waals surface area contributed by atoms with E-state index in [0.29, 0.717) is 11.5 Å². The maximum absolute atomic E-state index is 12.2. The van der Waals surface area contributed by atoms with Gasteiger partial charge in [0, 0.05) is 31.8 Å². The highest BCUT2D eigenvalue weighted by atomic mass is 32.2. The Morgan fingerprint density at radius 1 is 1.44 bits per heavy atom. The third kappa shape index (κ3) is 3.41. The first-order valence-corrected chi connectivity index (χ1v) is 10.2. The summed E-state index contributed by atoms with van der Waals surface area (Å²) < 4.78 is 31.6. The maximum Gasteiger partial charge on any atom is 0.302 e. The lowest BCUT2D eigenvalue weighted by Gasteiger charge is -2.28. The maximum atomic E-state index is 12.2. The molecule has 1 unspecified atom stereocenters. The van der Waals surface area contributed by atoms with Gasteiger partial charge in [-0.05, 0) is 18.1 Å². The van der Waals surface area contributed by atoms with Crippen LogP contribution in [0.15, 0.2) is 17.0 Å². The highest BCUT2D eigenvalue weighted by Gasteiger charge is 2.27. The summed E-state index contributed by atoms with van der Waals surface area (Å²) in [7, 11) is -3.46. The van der Waals surface area contributed by atoms with Crippen LogP contribution in [-0.2, 0) is 32.5 Å². The molecule has 1 N–H and O–H groups in total. The van der Waals surface area contributed by atoms with Crippen molar-refractivity contribution in [2.45, 2.75) is 44.9 Å². The van der Waals surface area contributed by atoms with E-state index in [-0.39, 0.29) is 17.5 Å². The van der Waals surface area contributed by atoms with Gasteiger partial charge in [-0.15, -0.1) is 0 Å². The number of esters is 1. The number of hydrogen-bond acceptors (Lipinski definition) is 6. The molecule has 0 saturated heterocycles. The molecule has 0 spiro atoms. The first-order chi connectivity index (χ1) is 11.7. The van der Waals surface area contributed by atoms with Gasteiger partial charge in [0.25, 0.3) is 0 Å². The molecule has 7 nitrogen and oxygen atoms in total. The van der Waals surface area contributed by atoms with Crippen molar-refractivity contribution in [1.29, 1.82) is 0 Å². The van der Waals surface area contributed by atoms with Gasteiger partial charge in [-0.3, -0.25) is 4.79 Å². The number of carbonyl (C=O) groups is 1. The van der Waals surface area contributed by atoms with Crippen LogP contribution in [0.4, 0.5) is 0 Å². The first-order valence-electron chi connectivity index (χ1n) is 8.28. The highest BCUT2D eigenvalue weighted by Crippen LogP contribution is 2.31. The van der Waals surface area contributed by atoms with E-state index in [1.165, 1.54) is 6.92 Å². The number of nitrogens with zero attached hydrogens (tertiary/aromatic N) is 2. The number of benzene rings is 1. The van der Waals surface area contributed by atoms with E-state index in [9.17, 15) is 13.2 Å². The van der Waals surface area contributed by atoms with E-state index in [2.05, 4.69) is 23.7 Å². The Kier molecular flexibility index (Phi) is 4.59. The van der Waals surface area contributed by atoms with Crippen LogP contribution in [0.1, 0.15) is 38.2 Å². The molecule has 1 aliphatic heterocycles. The summed E-state index contributed by atoms with van der Waals surface area (Å²) in [5.41, 5.74) is 1.97. The van der Waals surface area contributed by atoms with Gasteiger partial charge < -0.3 is 14.6 Å². The predicted octanol–water partition coefficient (Wildman–Crippen LogP) is 1.80. The average molecular weight is 365 g/mol. The molecule has 1 atom stereocenters. The normalized spacial score (nSPS) is 17.7. The summed E-state index contributed by atoms with van der Waals surface area (Å²) in [6, 6.07) is 3.50. The van der Waals surface area contributed by atoms with Crippen LogP contribution in [0.2, 0.25) is 0 Å². The van der Waals surface area contributed by atoms with Crippen molar-refractivity contribution in [3.05, 3.63) is 23.5 Å². The number of fused-ring (bicyclic) bond motifs is 3. The highest BCUT2D eigenvalue weighted by molar-refractivity contribution is 7.90. The molecule has 2 aromatic rings. The SMILES string of the molecule is CC(=O)OCc1cc2nc3n(c2cc1S(C)(=O)=O)CCNC3C(C)C. The van der Waals surface area contributed by atoms with Gasteiger partial charge in [-0.25, -0.2) is 13.4 Å². The number of nitrogens with one attached hydrogen (secondary N) is 1. The largest absolute Gasteiger partial charge is 0.461 e. The van der Waals surface area contributed by atoms with Crippen molar-refractivity contribution < 1.29 is 17.9 Å². The number of imidazole rings is 1. The molecule has 1 aromatic carbocycles. The van der Waals surface area contributed by atoms with Crippen LogP contribution in [0.3, 0.4) is 0 Å². The topological polar surface area (TPSA) is 90.3 Å². The molecule has 8 heteroatoms. The smallest absolute Gasteiger partial charge is 0.302 e. The second-order valence-corrected chi connectivity index (χ2v) is 8.78. The third-order valence-corrected chi connectivity index (χ3v) is 5.61. The molecule has 0 saturated carbocycles. The third-order valence-electron chi connectivity index (χ3n) is 4.43. The molecule has 136 valence electrons. The zero-order chi connectivity index (χ0) is 18.4. The summed E-state index contributed by atoms with van der Waals surface area (Å²) in [4.78, 5) is 16.0. The molecule has 0 fully saturated rings.